The van der Waals surface area contributed by atoms with Crippen molar-refractivity contribution >= 4 is 11.0 Å². The van der Waals surface area contributed by atoms with Gasteiger partial charge < -0.3 is 9.30 Å². The summed E-state index contributed by atoms with van der Waals surface area (Å²) in [7, 11) is 0. The number of allylic oxidation sites excluding steroid dienone is 1. The first-order valence-corrected chi connectivity index (χ1v) is 7.41. The van der Waals surface area contributed by atoms with Crippen LogP contribution in [0.4, 0.5) is 0 Å². The van der Waals surface area contributed by atoms with E-state index in [1.807, 2.05) is 49.4 Å². The summed E-state index contributed by atoms with van der Waals surface area (Å²) in [6, 6.07) is 16.2. The number of rotatable bonds is 5. The number of benzene rings is 2. The Labute approximate surface area is 130 Å². The molecule has 0 bridgehead atoms. The van der Waals surface area contributed by atoms with Crippen LogP contribution < -0.4 is 4.74 Å². The predicted molar refractivity (Wildman–Crippen MR) is 90.1 cm³/mol. The van der Waals surface area contributed by atoms with Crippen LogP contribution in [0.3, 0.4) is 0 Å². The maximum Gasteiger partial charge on any atom is 0.148 e. The minimum absolute atomic E-state index is 0.449. The van der Waals surface area contributed by atoms with E-state index in [9.17, 15) is 0 Å². The van der Waals surface area contributed by atoms with E-state index in [1.165, 1.54) is 5.56 Å². The molecular formula is C19H20N2O. The topological polar surface area (TPSA) is 27.1 Å². The molecule has 2 aromatic carbocycles. The average molecular weight is 292 g/mol. The summed E-state index contributed by atoms with van der Waals surface area (Å²) in [5.41, 5.74) is 4.43. The molecule has 0 saturated carbocycles. The van der Waals surface area contributed by atoms with Gasteiger partial charge in [0, 0.05) is 6.54 Å². The third-order valence-electron chi connectivity index (χ3n) is 3.55. The van der Waals surface area contributed by atoms with Crippen molar-refractivity contribution in [2.24, 2.45) is 0 Å². The monoisotopic (exact) mass is 292 g/mol. The molecule has 112 valence electrons. The molecule has 0 aliphatic rings. The van der Waals surface area contributed by atoms with Crippen LogP contribution in [0.1, 0.15) is 18.3 Å². The van der Waals surface area contributed by atoms with Gasteiger partial charge in [0.1, 0.15) is 18.2 Å². The second-order valence-electron chi connectivity index (χ2n) is 5.66. The fraction of sp³-hybridized carbons (Fsp3) is 0.211. The molecule has 1 heterocycles. The molecule has 0 unspecified atom stereocenters. The van der Waals surface area contributed by atoms with E-state index in [0.717, 1.165) is 34.7 Å². The maximum absolute atomic E-state index is 5.89. The number of para-hydroxylation sites is 2. The van der Waals surface area contributed by atoms with E-state index < -0.39 is 0 Å². The van der Waals surface area contributed by atoms with E-state index in [4.69, 9.17) is 9.72 Å². The molecule has 0 aliphatic carbocycles. The van der Waals surface area contributed by atoms with Gasteiger partial charge in [-0.15, -0.1) is 0 Å². The van der Waals surface area contributed by atoms with Gasteiger partial charge in [0.2, 0.25) is 0 Å². The second kappa shape index (κ2) is 6.06. The number of nitrogens with zero attached hydrogens (tertiary/aromatic N) is 2. The van der Waals surface area contributed by atoms with Gasteiger partial charge in [-0.05, 0) is 38.1 Å². The third kappa shape index (κ3) is 3.03. The van der Waals surface area contributed by atoms with Crippen molar-refractivity contribution in [1.29, 1.82) is 0 Å². The predicted octanol–water partition coefficient (Wildman–Crippen LogP) is 4.50. The lowest BCUT2D eigenvalue weighted by atomic mass is 10.2. The molecule has 0 saturated heterocycles. The highest BCUT2D eigenvalue weighted by Gasteiger charge is 2.11. The highest BCUT2D eigenvalue weighted by molar-refractivity contribution is 5.76. The summed E-state index contributed by atoms with van der Waals surface area (Å²) in [4.78, 5) is 4.70. The largest absolute Gasteiger partial charge is 0.486 e. The summed E-state index contributed by atoms with van der Waals surface area (Å²) in [5, 5.41) is 0. The normalized spacial score (nSPS) is 10.8. The van der Waals surface area contributed by atoms with E-state index >= 15 is 0 Å². The summed E-state index contributed by atoms with van der Waals surface area (Å²) in [6.45, 7) is 9.32. The molecule has 0 N–H and O–H groups in total. The highest BCUT2D eigenvalue weighted by Crippen LogP contribution is 2.19. The first-order chi connectivity index (χ1) is 10.6. The standard InChI is InChI=1S/C19H20N2O/c1-14(2)12-21-18-7-5-4-6-17(18)20-19(21)13-22-16-10-8-15(3)9-11-16/h4-11H,1,12-13H2,2-3H3. The van der Waals surface area contributed by atoms with Crippen molar-refractivity contribution in [2.75, 3.05) is 0 Å². The SMILES string of the molecule is C=C(C)Cn1c(COc2ccc(C)cc2)nc2ccccc21. The van der Waals surface area contributed by atoms with Crippen LogP contribution >= 0.6 is 0 Å². The van der Waals surface area contributed by atoms with Gasteiger partial charge in [-0.2, -0.15) is 0 Å². The Kier molecular flexibility index (Phi) is 3.96. The summed E-state index contributed by atoms with van der Waals surface area (Å²) >= 11 is 0. The Morgan fingerprint density at radius 1 is 1.14 bits per heavy atom. The molecule has 22 heavy (non-hydrogen) atoms. The fourth-order valence-corrected chi connectivity index (χ4v) is 2.46. The number of aromatic nitrogens is 2. The van der Waals surface area contributed by atoms with Crippen molar-refractivity contribution in [2.45, 2.75) is 27.0 Å². The first-order valence-electron chi connectivity index (χ1n) is 7.41. The Morgan fingerprint density at radius 2 is 1.86 bits per heavy atom. The van der Waals surface area contributed by atoms with Crippen molar-refractivity contribution in [1.82, 2.24) is 9.55 Å². The average Bonchev–Trinajstić information content (AvgIpc) is 2.84. The smallest absolute Gasteiger partial charge is 0.148 e. The van der Waals surface area contributed by atoms with Gasteiger partial charge in [0.05, 0.1) is 11.0 Å². The molecule has 0 radical (unpaired) electrons. The van der Waals surface area contributed by atoms with Crippen LogP contribution in [0.5, 0.6) is 5.75 Å². The molecule has 0 atom stereocenters. The molecule has 1 aromatic heterocycles. The van der Waals surface area contributed by atoms with Crippen molar-refractivity contribution in [3.8, 4) is 5.75 Å². The van der Waals surface area contributed by atoms with Gasteiger partial charge >= 0.3 is 0 Å². The Balaban J connectivity index is 1.88. The van der Waals surface area contributed by atoms with E-state index in [2.05, 4.69) is 24.1 Å². The zero-order valence-electron chi connectivity index (χ0n) is 13.0. The zero-order valence-corrected chi connectivity index (χ0v) is 13.0. The number of ether oxygens (including phenoxy) is 1. The lowest BCUT2D eigenvalue weighted by Crippen LogP contribution is -2.08. The molecule has 0 amide bonds. The number of aryl methyl sites for hydroxylation is 1. The summed E-state index contributed by atoms with van der Waals surface area (Å²) in [5.74, 6) is 1.78. The number of imidazole rings is 1. The van der Waals surface area contributed by atoms with Crippen molar-refractivity contribution in [3.05, 3.63) is 72.1 Å². The van der Waals surface area contributed by atoms with Gasteiger partial charge in [0.15, 0.2) is 0 Å². The molecule has 3 rings (SSSR count). The molecule has 3 aromatic rings. The van der Waals surface area contributed by atoms with Crippen LogP contribution in [0.15, 0.2) is 60.7 Å². The number of hydrogen-bond acceptors (Lipinski definition) is 2. The van der Waals surface area contributed by atoms with Crippen LogP contribution in [-0.4, -0.2) is 9.55 Å². The molecule has 0 spiro atoms. The zero-order chi connectivity index (χ0) is 15.5. The quantitative estimate of drug-likeness (QED) is 0.647. The van der Waals surface area contributed by atoms with Crippen LogP contribution in [0.2, 0.25) is 0 Å². The van der Waals surface area contributed by atoms with Crippen LogP contribution in [0.25, 0.3) is 11.0 Å². The second-order valence-corrected chi connectivity index (χ2v) is 5.66. The summed E-state index contributed by atoms with van der Waals surface area (Å²) in [6.07, 6.45) is 0. The summed E-state index contributed by atoms with van der Waals surface area (Å²) < 4.78 is 8.06. The fourth-order valence-electron chi connectivity index (χ4n) is 2.46. The minimum Gasteiger partial charge on any atom is -0.486 e. The molecule has 3 nitrogen and oxygen atoms in total. The van der Waals surface area contributed by atoms with Crippen LogP contribution in [-0.2, 0) is 13.2 Å². The lowest BCUT2D eigenvalue weighted by molar-refractivity contribution is 0.291. The van der Waals surface area contributed by atoms with Gasteiger partial charge in [-0.3, -0.25) is 0 Å². The Hall–Kier alpha value is -2.55. The molecule has 3 heteroatoms. The van der Waals surface area contributed by atoms with Gasteiger partial charge in [-0.25, -0.2) is 4.98 Å². The van der Waals surface area contributed by atoms with Crippen LogP contribution in [0, 0.1) is 6.92 Å². The van der Waals surface area contributed by atoms with E-state index in [-0.39, 0.29) is 0 Å². The van der Waals surface area contributed by atoms with Crippen molar-refractivity contribution in [3.63, 3.8) is 0 Å². The van der Waals surface area contributed by atoms with Crippen molar-refractivity contribution < 1.29 is 4.74 Å². The van der Waals surface area contributed by atoms with Gasteiger partial charge in [-0.1, -0.05) is 42.0 Å². The van der Waals surface area contributed by atoms with E-state index in [1.54, 1.807) is 0 Å². The Bertz CT molecular complexity index is 800. The minimum atomic E-state index is 0.449. The van der Waals surface area contributed by atoms with E-state index in [0.29, 0.717) is 6.61 Å². The molecule has 0 aliphatic heterocycles. The maximum atomic E-state index is 5.89. The van der Waals surface area contributed by atoms with Gasteiger partial charge in [0.25, 0.3) is 0 Å². The third-order valence-corrected chi connectivity index (χ3v) is 3.55. The molecule has 0 fully saturated rings. The first kappa shape index (κ1) is 14.4. The Morgan fingerprint density at radius 3 is 2.59 bits per heavy atom. The lowest BCUT2D eigenvalue weighted by Gasteiger charge is -2.10. The number of hydrogen-bond donors (Lipinski definition) is 0. The molecular weight excluding hydrogens is 272 g/mol. The highest BCUT2D eigenvalue weighted by atomic mass is 16.5. The number of fused-ring (bicyclic) bond motifs is 1.